The van der Waals surface area contributed by atoms with Crippen molar-refractivity contribution in [3.8, 4) is 0 Å². The first kappa shape index (κ1) is 17.3. The van der Waals surface area contributed by atoms with E-state index in [4.69, 9.17) is 11.6 Å². The molecule has 122 valence electrons. The third-order valence-corrected chi connectivity index (χ3v) is 4.61. The van der Waals surface area contributed by atoms with E-state index in [1.54, 1.807) is 0 Å². The smallest absolute Gasteiger partial charge is 0.319 e. The Morgan fingerprint density at radius 2 is 2.14 bits per heavy atom. The summed E-state index contributed by atoms with van der Waals surface area (Å²) in [6, 6.07) is 4.75. The zero-order valence-corrected chi connectivity index (χ0v) is 13.7. The van der Waals surface area contributed by atoms with E-state index in [-0.39, 0.29) is 29.5 Å². The van der Waals surface area contributed by atoms with E-state index >= 15 is 0 Å². The number of benzene rings is 1. The highest BCUT2D eigenvalue weighted by Crippen LogP contribution is 2.26. The van der Waals surface area contributed by atoms with Gasteiger partial charge in [0.1, 0.15) is 5.82 Å². The minimum absolute atomic E-state index is 0. The van der Waals surface area contributed by atoms with Gasteiger partial charge in [0.25, 0.3) is 0 Å². The highest BCUT2D eigenvalue weighted by Gasteiger charge is 2.35. The molecule has 7 heteroatoms. The van der Waals surface area contributed by atoms with Gasteiger partial charge in [-0.3, -0.25) is 0 Å². The molecule has 2 atom stereocenters. The first-order valence-electron chi connectivity index (χ1n) is 7.41. The Kier molecular flexibility index (Phi) is 5.89. The molecule has 1 aliphatic heterocycles. The fourth-order valence-electron chi connectivity index (χ4n) is 3.28. The Morgan fingerprint density at radius 1 is 1.36 bits per heavy atom. The van der Waals surface area contributed by atoms with E-state index in [1.807, 2.05) is 4.90 Å². The first-order chi connectivity index (χ1) is 10.1. The second-order valence-corrected chi connectivity index (χ2v) is 6.07. The van der Waals surface area contributed by atoms with Crippen LogP contribution in [0.2, 0.25) is 5.02 Å². The molecule has 2 unspecified atom stereocenters. The topological polar surface area (TPSA) is 44.4 Å². The number of amides is 2. The van der Waals surface area contributed by atoms with Gasteiger partial charge in [-0.1, -0.05) is 24.4 Å². The minimum Gasteiger partial charge on any atom is -0.319 e. The van der Waals surface area contributed by atoms with Crippen LogP contribution in [0.1, 0.15) is 25.7 Å². The molecule has 1 heterocycles. The van der Waals surface area contributed by atoms with E-state index in [2.05, 4.69) is 10.6 Å². The van der Waals surface area contributed by atoms with Gasteiger partial charge in [0.15, 0.2) is 0 Å². The van der Waals surface area contributed by atoms with Gasteiger partial charge >= 0.3 is 6.03 Å². The lowest BCUT2D eigenvalue weighted by Crippen LogP contribution is -2.61. The molecule has 4 nitrogen and oxygen atoms in total. The van der Waals surface area contributed by atoms with Crippen LogP contribution in [0.4, 0.5) is 14.9 Å². The van der Waals surface area contributed by atoms with E-state index in [9.17, 15) is 9.18 Å². The Bertz CT molecular complexity index is 542. The lowest BCUT2D eigenvalue weighted by Gasteiger charge is -2.44. The van der Waals surface area contributed by atoms with E-state index in [0.29, 0.717) is 18.3 Å². The predicted molar refractivity (Wildman–Crippen MR) is 88.4 cm³/mol. The first-order valence-corrected chi connectivity index (χ1v) is 7.79. The average Bonchev–Trinajstić information content (AvgIpc) is 2.50. The molecule has 1 aromatic carbocycles. The molecule has 0 spiro atoms. The summed E-state index contributed by atoms with van der Waals surface area (Å²) in [5.41, 5.74) is 0.525. The van der Waals surface area contributed by atoms with Gasteiger partial charge in [0.2, 0.25) is 0 Å². The number of nitrogens with zero attached hydrogens (tertiary/aromatic N) is 1. The molecule has 3 rings (SSSR count). The number of hydrogen-bond acceptors (Lipinski definition) is 2. The summed E-state index contributed by atoms with van der Waals surface area (Å²) in [5.74, 6) is -0.482. The number of anilines is 1. The SMILES string of the molecule is Cl.O=C(Nc1ccc(F)c(Cl)c1)N1CCNC2CCCCC21. The molecule has 2 aliphatic rings. The molecular formula is C15H20Cl2FN3O. The predicted octanol–water partition coefficient (Wildman–Crippen LogP) is 3.65. The number of hydrogen-bond donors (Lipinski definition) is 2. The van der Waals surface area contributed by atoms with Crippen LogP contribution in [-0.2, 0) is 0 Å². The number of carbonyl (C=O) groups excluding carboxylic acids is 1. The summed E-state index contributed by atoms with van der Waals surface area (Å²) in [6.07, 6.45) is 4.54. The quantitative estimate of drug-likeness (QED) is 0.814. The fraction of sp³-hybridized carbons (Fsp3) is 0.533. The van der Waals surface area contributed by atoms with Crippen LogP contribution in [0, 0.1) is 5.82 Å². The third-order valence-electron chi connectivity index (χ3n) is 4.32. The van der Waals surface area contributed by atoms with Gasteiger partial charge in [-0.05, 0) is 31.0 Å². The molecule has 2 N–H and O–H groups in total. The Morgan fingerprint density at radius 3 is 2.91 bits per heavy atom. The molecule has 1 saturated carbocycles. The highest BCUT2D eigenvalue weighted by atomic mass is 35.5. The maximum Gasteiger partial charge on any atom is 0.322 e. The van der Waals surface area contributed by atoms with Crippen LogP contribution in [0.5, 0.6) is 0 Å². The second kappa shape index (κ2) is 7.49. The van der Waals surface area contributed by atoms with Gasteiger partial charge in [-0.15, -0.1) is 12.4 Å². The van der Waals surface area contributed by atoms with Crippen molar-refractivity contribution in [3.63, 3.8) is 0 Å². The Labute approximate surface area is 140 Å². The molecule has 2 amide bonds. The van der Waals surface area contributed by atoms with Crippen molar-refractivity contribution >= 4 is 35.7 Å². The normalized spacial score (nSPS) is 24.2. The summed E-state index contributed by atoms with van der Waals surface area (Å²) >= 11 is 5.74. The van der Waals surface area contributed by atoms with Crippen molar-refractivity contribution < 1.29 is 9.18 Å². The number of carbonyl (C=O) groups is 1. The van der Waals surface area contributed by atoms with E-state index < -0.39 is 5.82 Å². The van der Waals surface area contributed by atoms with Gasteiger partial charge in [0, 0.05) is 30.9 Å². The maximum absolute atomic E-state index is 13.1. The molecule has 1 saturated heterocycles. The molecule has 0 aromatic heterocycles. The number of urea groups is 1. The lowest BCUT2D eigenvalue weighted by atomic mass is 9.88. The van der Waals surface area contributed by atoms with Gasteiger partial charge in [-0.2, -0.15) is 0 Å². The zero-order chi connectivity index (χ0) is 14.8. The summed E-state index contributed by atoms with van der Waals surface area (Å²) in [4.78, 5) is 14.4. The number of piperazine rings is 1. The summed E-state index contributed by atoms with van der Waals surface area (Å²) in [5, 5.41) is 6.33. The molecule has 1 aliphatic carbocycles. The zero-order valence-electron chi connectivity index (χ0n) is 12.1. The monoisotopic (exact) mass is 347 g/mol. The van der Waals surface area contributed by atoms with Gasteiger partial charge < -0.3 is 15.5 Å². The fourth-order valence-corrected chi connectivity index (χ4v) is 3.46. The Hall–Kier alpha value is -1.04. The molecular weight excluding hydrogens is 328 g/mol. The van der Waals surface area contributed by atoms with Gasteiger partial charge in [-0.25, -0.2) is 9.18 Å². The third kappa shape index (κ3) is 3.65. The number of halogens is 3. The van der Waals surface area contributed by atoms with Crippen LogP contribution in [0.25, 0.3) is 0 Å². The van der Waals surface area contributed by atoms with Crippen LogP contribution >= 0.6 is 24.0 Å². The van der Waals surface area contributed by atoms with Crippen molar-refractivity contribution in [2.75, 3.05) is 18.4 Å². The molecule has 1 aromatic rings. The maximum atomic E-state index is 13.1. The molecule has 22 heavy (non-hydrogen) atoms. The van der Waals surface area contributed by atoms with Crippen molar-refractivity contribution in [2.24, 2.45) is 0 Å². The van der Waals surface area contributed by atoms with Gasteiger partial charge in [0.05, 0.1) is 5.02 Å². The molecule has 0 bridgehead atoms. The Balaban J connectivity index is 0.00000176. The summed E-state index contributed by atoms with van der Waals surface area (Å²) < 4.78 is 13.1. The van der Waals surface area contributed by atoms with E-state index in [0.717, 1.165) is 25.8 Å². The molecule has 0 radical (unpaired) electrons. The van der Waals surface area contributed by atoms with Crippen LogP contribution in [0.15, 0.2) is 18.2 Å². The average molecular weight is 348 g/mol. The highest BCUT2D eigenvalue weighted by molar-refractivity contribution is 6.31. The second-order valence-electron chi connectivity index (χ2n) is 5.66. The van der Waals surface area contributed by atoms with Crippen LogP contribution in [-0.4, -0.2) is 36.1 Å². The van der Waals surface area contributed by atoms with Crippen molar-refractivity contribution in [3.05, 3.63) is 29.0 Å². The van der Waals surface area contributed by atoms with E-state index in [1.165, 1.54) is 24.6 Å². The molecule has 2 fully saturated rings. The largest absolute Gasteiger partial charge is 0.322 e. The van der Waals surface area contributed by atoms with Crippen molar-refractivity contribution in [2.45, 2.75) is 37.8 Å². The lowest BCUT2D eigenvalue weighted by molar-refractivity contribution is 0.116. The number of rotatable bonds is 1. The van der Waals surface area contributed by atoms with Crippen molar-refractivity contribution in [1.82, 2.24) is 10.2 Å². The van der Waals surface area contributed by atoms with Crippen LogP contribution in [0.3, 0.4) is 0 Å². The van der Waals surface area contributed by atoms with Crippen LogP contribution < -0.4 is 10.6 Å². The summed E-state index contributed by atoms with van der Waals surface area (Å²) in [7, 11) is 0. The summed E-state index contributed by atoms with van der Waals surface area (Å²) in [6.45, 7) is 1.51. The standard InChI is InChI=1S/C15H19ClFN3O.ClH/c16-11-9-10(5-6-12(11)17)19-15(21)20-8-7-18-13-3-1-2-4-14(13)20;/h5-6,9,13-14,18H,1-4,7-8H2,(H,19,21);1H. The van der Waals surface area contributed by atoms with Crippen molar-refractivity contribution in [1.29, 1.82) is 0 Å². The minimum atomic E-state index is -0.482. The number of fused-ring (bicyclic) bond motifs is 1. The number of nitrogens with one attached hydrogen (secondary N) is 2.